The molecule has 1 atom stereocenters. The molecule has 1 amide bonds. The fourth-order valence-corrected chi connectivity index (χ4v) is 4.50. The first-order chi connectivity index (χ1) is 14.0. The van der Waals surface area contributed by atoms with Crippen molar-refractivity contribution in [3.8, 4) is 23.2 Å². The first-order valence-electron chi connectivity index (χ1n) is 9.99. The van der Waals surface area contributed by atoms with Gasteiger partial charge in [0.25, 0.3) is 0 Å². The van der Waals surface area contributed by atoms with Gasteiger partial charge in [-0.3, -0.25) is 4.79 Å². The number of carbonyl (C=O) groups is 1. The molecule has 0 bridgehead atoms. The smallest absolute Gasteiger partial charge is 0.234 e. The van der Waals surface area contributed by atoms with Crippen LogP contribution in [0.1, 0.15) is 46.0 Å². The molecular weight excluding hydrogens is 386 g/mol. The van der Waals surface area contributed by atoms with Crippen molar-refractivity contribution in [3.05, 3.63) is 24.3 Å². The molecule has 0 aliphatic heterocycles. The number of aromatic nitrogens is 3. The highest BCUT2D eigenvalue weighted by Gasteiger charge is 2.35. The van der Waals surface area contributed by atoms with Crippen molar-refractivity contribution in [2.24, 2.45) is 0 Å². The average Bonchev–Trinajstić information content (AvgIpc) is 3.16. The molecule has 0 spiro atoms. The van der Waals surface area contributed by atoms with Crippen molar-refractivity contribution in [2.75, 3.05) is 7.11 Å². The summed E-state index contributed by atoms with van der Waals surface area (Å²) in [5.74, 6) is 1.41. The molecule has 1 aliphatic rings. The summed E-state index contributed by atoms with van der Waals surface area (Å²) in [6.45, 7) is 4.56. The maximum absolute atomic E-state index is 12.8. The number of benzene rings is 1. The molecule has 7 nitrogen and oxygen atoms in total. The van der Waals surface area contributed by atoms with E-state index in [-0.39, 0.29) is 11.2 Å². The van der Waals surface area contributed by atoms with Gasteiger partial charge in [-0.25, -0.2) is 0 Å². The third kappa shape index (κ3) is 4.73. The van der Waals surface area contributed by atoms with Crippen LogP contribution in [0, 0.1) is 11.3 Å². The minimum atomic E-state index is -0.725. The summed E-state index contributed by atoms with van der Waals surface area (Å²) < 4.78 is 7.21. The van der Waals surface area contributed by atoms with Gasteiger partial charge in [0.2, 0.25) is 5.91 Å². The molecule has 3 rings (SSSR count). The zero-order valence-corrected chi connectivity index (χ0v) is 18.0. The number of hydrogen-bond acceptors (Lipinski definition) is 6. The Balaban J connectivity index is 1.73. The average molecular weight is 414 g/mol. The van der Waals surface area contributed by atoms with Crippen molar-refractivity contribution in [1.29, 1.82) is 5.26 Å². The van der Waals surface area contributed by atoms with E-state index in [1.165, 1.54) is 11.8 Å². The Bertz CT molecular complexity index is 881. The highest BCUT2D eigenvalue weighted by molar-refractivity contribution is 8.00. The van der Waals surface area contributed by atoms with Crippen LogP contribution in [-0.2, 0) is 11.3 Å². The topological polar surface area (TPSA) is 92.8 Å². The Hall–Kier alpha value is -2.53. The Kier molecular flexibility index (Phi) is 6.80. The van der Waals surface area contributed by atoms with Crippen LogP contribution in [0.2, 0.25) is 0 Å². The lowest BCUT2D eigenvalue weighted by Gasteiger charge is -2.32. The molecule has 1 saturated carbocycles. The predicted octanol–water partition coefficient (Wildman–Crippen LogP) is 3.80. The molecule has 0 radical (unpaired) electrons. The van der Waals surface area contributed by atoms with Gasteiger partial charge in [-0.2, -0.15) is 5.26 Å². The van der Waals surface area contributed by atoms with Crippen LogP contribution < -0.4 is 10.1 Å². The first-order valence-corrected chi connectivity index (χ1v) is 10.9. The molecular formula is C21H27N5O2S. The van der Waals surface area contributed by atoms with Gasteiger partial charge in [-0.1, -0.05) is 31.0 Å². The van der Waals surface area contributed by atoms with Crippen molar-refractivity contribution in [3.63, 3.8) is 0 Å². The largest absolute Gasteiger partial charge is 0.497 e. The molecule has 1 N–H and O–H groups in total. The Morgan fingerprint density at radius 3 is 2.59 bits per heavy atom. The van der Waals surface area contributed by atoms with E-state index < -0.39 is 5.54 Å². The minimum absolute atomic E-state index is 0.130. The van der Waals surface area contributed by atoms with Crippen LogP contribution in [0.3, 0.4) is 0 Å². The van der Waals surface area contributed by atoms with Gasteiger partial charge < -0.3 is 14.6 Å². The number of amides is 1. The standard InChI is InChI=1S/C21H27N5O2S/c1-4-26-18(16-8-10-17(28-3)11-9-16)24-25-20(26)29-15(2)19(27)23-21(14-22)12-6-5-7-13-21/h8-11,15H,4-7,12-13H2,1-3H3,(H,23,27)/t15-/m0/s1. The summed E-state index contributed by atoms with van der Waals surface area (Å²) >= 11 is 1.37. The number of rotatable bonds is 7. The van der Waals surface area contributed by atoms with E-state index in [2.05, 4.69) is 21.6 Å². The summed E-state index contributed by atoms with van der Waals surface area (Å²) in [6.07, 6.45) is 4.52. The van der Waals surface area contributed by atoms with E-state index in [9.17, 15) is 10.1 Å². The van der Waals surface area contributed by atoms with Crippen LogP contribution in [0.5, 0.6) is 5.75 Å². The van der Waals surface area contributed by atoms with E-state index in [0.717, 1.165) is 49.2 Å². The quantitative estimate of drug-likeness (QED) is 0.694. The van der Waals surface area contributed by atoms with Crippen LogP contribution in [0.15, 0.2) is 29.4 Å². The van der Waals surface area contributed by atoms with E-state index >= 15 is 0 Å². The van der Waals surface area contributed by atoms with Crippen LogP contribution in [0.4, 0.5) is 0 Å². The fourth-order valence-electron chi connectivity index (χ4n) is 3.58. The van der Waals surface area contributed by atoms with Gasteiger partial charge in [0.15, 0.2) is 11.0 Å². The summed E-state index contributed by atoms with van der Waals surface area (Å²) in [6, 6.07) is 10.0. The molecule has 0 unspecified atom stereocenters. The number of thioether (sulfide) groups is 1. The first kappa shape index (κ1) is 21.2. The minimum Gasteiger partial charge on any atom is -0.497 e. The summed E-state index contributed by atoms with van der Waals surface area (Å²) in [5, 5.41) is 21.6. The number of nitriles is 1. The van der Waals surface area contributed by atoms with E-state index in [0.29, 0.717) is 11.7 Å². The van der Waals surface area contributed by atoms with Crippen molar-refractivity contribution >= 4 is 17.7 Å². The maximum atomic E-state index is 12.8. The van der Waals surface area contributed by atoms with Crippen LogP contribution in [-0.4, -0.2) is 38.6 Å². The lowest BCUT2D eigenvalue weighted by Crippen LogP contribution is -2.51. The fraction of sp³-hybridized carbons (Fsp3) is 0.524. The Morgan fingerprint density at radius 1 is 1.31 bits per heavy atom. The Labute approximate surface area is 175 Å². The number of carbonyl (C=O) groups excluding carboxylic acids is 1. The van der Waals surface area contributed by atoms with Gasteiger partial charge in [0, 0.05) is 12.1 Å². The number of hydrogen-bond donors (Lipinski definition) is 1. The third-order valence-corrected chi connectivity index (χ3v) is 6.40. The molecule has 8 heteroatoms. The Morgan fingerprint density at radius 2 is 2.00 bits per heavy atom. The molecule has 1 aromatic heterocycles. The SMILES string of the molecule is CCn1c(S[C@@H](C)C(=O)NC2(C#N)CCCCC2)nnc1-c1ccc(OC)cc1. The molecule has 2 aromatic rings. The van der Waals surface area contributed by atoms with Crippen LogP contribution in [0.25, 0.3) is 11.4 Å². The van der Waals surface area contributed by atoms with Gasteiger partial charge >= 0.3 is 0 Å². The number of nitrogens with one attached hydrogen (secondary N) is 1. The second-order valence-corrected chi connectivity index (χ2v) is 8.59. The summed E-state index contributed by atoms with van der Waals surface area (Å²) in [4.78, 5) is 12.8. The molecule has 1 aromatic carbocycles. The van der Waals surface area contributed by atoms with Crippen molar-refractivity contribution in [1.82, 2.24) is 20.1 Å². The molecule has 1 fully saturated rings. The summed E-state index contributed by atoms with van der Waals surface area (Å²) in [7, 11) is 1.63. The van der Waals surface area contributed by atoms with E-state index in [1.807, 2.05) is 42.7 Å². The molecule has 1 heterocycles. The molecule has 0 saturated heterocycles. The zero-order valence-electron chi connectivity index (χ0n) is 17.1. The van der Waals surface area contributed by atoms with Crippen molar-refractivity contribution in [2.45, 2.75) is 68.4 Å². The lowest BCUT2D eigenvalue weighted by atomic mass is 9.83. The number of methoxy groups -OCH3 is 1. The summed E-state index contributed by atoms with van der Waals surface area (Å²) in [5.41, 5.74) is 0.214. The normalized spacial score (nSPS) is 16.6. The number of ether oxygens (including phenoxy) is 1. The zero-order chi connectivity index (χ0) is 20.9. The van der Waals surface area contributed by atoms with Gasteiger partial charge in [0.05, 0.1) is 18.4 Å². The molecule has 1 aliphatic carbocycles. The third-order valence-electron chi connectivity index (χ3n) is 5.32. The predicted molar refractivity (Wildman–Crippen MR) is 113 cm³/mol. The van der Waals surface area contributed by atoms with E-state index in [4.69, 9.17) is 4.74 Å². The highest BCUT2D eigenvalue weighted by Crippen LogP contribution is 2.30. The van der Waals surface area contributed by atoms with Gasteiger partial charge in [0.1, 0.15) is 11.3 Å². The highest BCUT2D eigenvalue weighted by atomic mass is 32.2. The molecule has 29 heavy (non-hydrogen) atoms. The van der Waals surface area contributed by atoms with Gasteiger partial charge in [-0.05, 0) is 51.0 Å². The second kappa shape index (κ2) is 9.31. The lowest BCUT2D eigenvalue weighted by molar-refractivity contribution is -0.121. The van der Waals surface area contributed by atoms with Crippen LogP contribution >= 0.6 is 11.8 Å². The maximum Gasteiger partial charge on any atom is 0.234 e. The second-order valence-electron chi connectivity index (χ2n) is 7.28. The van der Waals surface area contributed by atoms with Gasteiger partial charge in [-0.15, -0.1) is 10.2 Å². The van der Waals surface area contributed by atoms with Crippen molar-refractivity contribution < 1.29 is 9.53 Å². The monoisotopic (exact) mass is 413 g/mol. The molecule has 154 valence electrons. The van der Waals surface area contributed by atoms with E-state index in [1.54, 1.807) is 7.11 Å². The number of nitrogens with zero attached hydrogens (tertiary/aromatic N) is 4.